The van der Waals surface area contributed by atoms with Gasteiger partial charge in [-0.3, -0.25) is 9.59 Å². The summed E-state index contributed by atoms with van der Waals surface area (Å²) >= 11 is 0. The Balaban J connectivity index is 1.79. The number of carbonyl (C=O) groups excluding carboxylic acids is 2. The molecule has 1 fully saturated rings. The Kier molecular flexibility index (Phi) is 8.48. The molecule has 1 aliphatic carbocycles. The number of hydrogen-bond donors (Lipinski definition) is 1. The fraction of sp³-hybridized carbons (Fsp3) is 0.346. The van der Waals surface area contributed by atoms with E-state index in [-0.39, 0.29) is 17.5 Å². The topological polar surface area (TPSA) is 97.7 Å². The number of nitrogens with one attached hydrogen (secondary N) is 1. The molecule has 1 saturated carbocycles. The third kappa shape index (κ3) is 6.36. The lowest BCUT2D eigenvalue weighted by Crippen LogP contribution is -2.23. The summed E-state index contributed by atoms with van der Waals surface area (Å²) in [5, 5.41) is 12.2. The molecule has 0 unspecified atom stereocenters. The number of rotatable bonds is 8. The van der Waals surface area contributed by atoms with Crippen molar-refractivity contribution >= 4 is 23.6 Å². The van der Waals surface area contributed by atoms with Gasteiger partial charge in [-0.05, 0) is 55.7 Å². The summed E-state index contributed by atoms with van der Waals surface area (Å²) in [5.41, 5.74) is 0.948. The Labute approximate surface area is 194 Å². The van der Waals surface area contributed by atoms with Crippen LogP contribution in [0.25, 0.3) is 6.08 Å². The van der Waals surface area contributed by atoms with Crippen LogP contribution in [-0.2, 0) is 9.59 Å². The number of methoxy groups -OCH3 is 1. The number of hydrogen-bond acceptors (Lipinski definition) is 6. The molecule has 7 nitrogen and oxygen atoms in total. The minimum absolute atomic E-state index is 0.0864. The average Bonchev–Trinajstić information content (AvgIpc) is 2.84. The van der Waals surface area contributed by atoms with E-state index < -0.39 is 5.91 Å². The Hall–Kier alpha value is -3.79. The number of amides is 1. The summed E-state index contributed by atoms with van der Waals surface area (Å²) in [6.07, 6.45) is 6.37. The van der Waals surface area contributed by atoms with Crippen LogP contribution in [0.2, 0.25) is 0 Å². The van der Waals surface area contributed by atoms with Crippen LogP contribution in [0.3, 0.4) is 0 Å². The van der Waals surface area contributed by atoms with Crippen molar-refractivity contribution in [1.29, 1.82) is 5.26 Å². The highest BCUT2D eigenvalue weighted by Crippen LogP contribution is 2.32. The van der Waals surface area contributed by atoms with Crippen LogP contribution >= 0.6 is 0 Å². The molecule has 0 bridgehead atoms. The van der Waals surface area contributed by atoms with Crippen molar-refractivity contribution in [2.45, 2.75) is 39.0 Å². The molecule has 0 aliphatic heterocycles. The molecule has 1 aliphatic rings. The predicted octanol–water partition coefficient (Wildman–Crippen LogP) is 5.13. The zero-order valence-corrected chi connectivity index (χ0v) is 18.9. The number of anilines is 1. The van der Waals surface area contributed by atoms with E-state index in [2.05, 4.69) is 5.32 Å². The smallest absolute Gasteiger partial charge is 0.314 e. The first kappa shape index (κ1) is 23.9. The Morgan fingerprint density at radius 3 is 2.55 bits per heavy atom. The number of nitrogens with zero attached hydrogens (tertiary/aromatic N) is 1. The van der Waals surface area contributed by atoms with Gasteiger partial charge >= 0.3 is 5.97 Å². The van der Waals surface area contributed by atoms with E-state index in [1.54, 1.807) is 42.5 Å². The molecule has 3 rings (SSSR count). The van der Waals surface area contributed by atoms with Gasteiger partial charge in [-0.15, -0.1) is 0 Å². The molecule has 0 atom stereocenters. The SMILES string of the molecule is CCOc1cc(/C=C(\C#N)C(=O)Nc2ccccc2OC)ccc1OC(=O)C1CCCCC1. The van der Waals surface area contributed by atoms with Crippen molar-refractivity contribution in [1.82, 2.24) is 0 Å². The van der Waals surface area contributed by atoms with Crippen molar-refractivity contribution in [2.75, 3.05) is 19.0 Å². The van der Waals surface area contributed by atoms with E-state index in [0.717, 1.165) is 32.1 Å². The highest BCUT2D eigenvalue weighted by Gasteiger charge is 2.24. The first-order valence-corrected chi connectivity index (χ1v) is 11.1. The number of para-hydroxylation sites is 2. The van der Waals surface area contributed by atoms with Crippen LogP contribution in [-0.4, -0.2) is 25.6 Å². The van der Waals surface area contributed by atoms with Crippen LogP contribution in [0.1, 0.15) is 44.6 Å². The molecule has 0 saturated heterocycles. The first-order valence-electron chi connectivity index (χ1n) is 11.1. The van der Waals surface area contributed by atoms with E-state index in [4.69, 9.17) is 14.2 Å². The van der Waals surface area contributed by atoms with Crippen molar-refractivity contribution in [3.63, 3.8) is 0 Å². The van der Waals surface area contributed by atoms with Gasteiger partial charge in [0, 0.05) is 0 Å². The monoisotopic (exact) mass is 448 g/mol. The standard InChI is InChI=1S/C26H28N2O5/c1-3-32-24-16-18(13-14-23(24)33-26(30)19-9-5-4-6-10-19)15-20(17-27)25(29)28-21-11-7-8-12-22(21)31-2/h7-8,11-16,19H,3-6,9-10H2,1-2H3,(H,28,29)/b20-15+. The van der Waals surface area contributed by atoms with E-state index in [0.29, 0.717) is 35.1 Å². The average molecular weight is 449 g/mol. The van der Waals surface area contributed by atoms with Crippen molar-refractivity contribution in [3.05, 3.63) is 53.6 Å². The van der Waals surface area contributed by atoms with Gasteiger partial charge in [0.2, 0.25) is 0 Å². The predicted molar refractivity (Wildman–Crippen MR) is 125 cm³/mol. The van der Waals surface area contributed by atoms with Crippen LogP contribution in [0.5, 0.6) is 17.2 Å². The highest BCUT2D eigenvalue weighted by molar-refractivity contribution is 6.10. The minimum Gasteiger partial charge on any atom is -0.495 e. The second-order valence-corrected chi connectivity index (χ2v) is 7.72. The lowest BCUT2D eigenvalue weighted by Gasteiger charge is -2.20. The summed E-state index contributed by atoms with van der Waals surface area (Å²) < 4.78 is 16.5. The van der Waals surface area contributed by atoms with E-state index >= 15 is 0 Å². The lowest BCUT2D eigenvalue weighted by molar-refractivity contribution is -0.140. The van der Waals surface area contributed by atoms with Crippen LogP contribution < -0.4 is 19.5 Å². The molecule has 1 amide bonds. The second kappa shape index (κ2) is 11.7. The maximum atomic E-state index is 12.7. The van der Waals surface area contributed by atoms with Gasteiger partial charge in [0.05, 0.1) is 25.3 Å². The second-order valence-electron chi connectivity index (χ2n) is 7.72. The van der Waals surface area contributed by atoms with Crippen LogP contribution in [0.4, 0.5) is 5.69 Å². The number of ether oxygens (including phenoxy) is 3. The van der Waals surface area contributed by atoms with Crippen molar-refractivity contribution < 1.29 is 23.8 Å². The summed E-state index contributed by atoms with van der Waals surface area (Å²) in [6, 6.07) is 13.8. The third-order valence-corrected chi connectivity index (χ3v) is 5.45. The van der Waals surface area contributed by atoms with Gasteiger partial charge in [0.15, 0.2) is 11.5 Å². The lowest BCUT2D eigenvalue weighted by atomic mass is 9.89. The summed E-state index contributed by atoms with van der Waals surface area (Å²) in [6.45, 7) is 2.21. The minimum atomic E-state index is -0.562. The van der Waals surface area contributed by atoms with Gasteiger partial charge in [-0.1, -0.05) is 37.5 Å². The Morgan fingerprint density at radius 2 is 1.85 bits per heavy atom. The van der Waals surface area contributed by atoms with Crippen molar-refractivity contribution in [2.24, 2.45) is 5.92 Å². The van der Waals surface area contributed by atoms with Crippen LogP contribution in [0, 0.1) is 17.2 Å². The summed E-state index contributed by atoms with van der Waals surface area (Å²) in [7, 11) is 1.50. The van der Waals surface area contributed by atoms with Gasteiger partial charge in [0.25, 0.3) is 5.91 Å². The molecule has 172 valence electrons. The first-order chi connectivity index (χ1) is 16.0. The molecule has 0 aromatic heterocycles. The van der Waals surface area contributed by atoms with Gasteiger partial charge < -0.3 is 19.5 Å². The summed E-state index contributed by atoms with van der Waals surface area (Å²) in [5.74, 6) is 0.322. The van der Waals surface area contributed by atoms with Gasteiger partial charge in [-0.2, -0.15) is 5.26 Å². The largest absolute Gasteiger partial charge is 0.495 e. The van der Waals surface area contributed by atoms with Crippen LogP contribution in [0.15, 0.2) is 48.0 Å². The van der Waals surface area contributed by atoms with Crippen molar-refractivity contribution in [3.8, 4) is 23.3 Å². The molecule has 0 spiro atoms. The Morgan fingerprint density at radius 1 is 1.09 bits per heavy atom. The number of benzene rings is 2. The zero-order chi connectivity index (χ0) is 23.6. The van der Waals surface area contributed by atoms with E-state index in [1.165, 1.54) is 13.2 Å². The molecule has 0 heterocycles. The molecule has 2 aromatic carbocycles. The van der Waals surface area contributed by atoms with Gasteiger partial charge in [0.1, 0.15) is 17.4 Å². The number of esters is 1. The molecule has 2 aromatic rings. The normalized spacial score (nSPS) is 14.2. The third-order valence-electron chi connectivity index (χ3n) is 5.45. The highest BCUT2D eigenvalue weighted by atomic mass is 16.6. The quantitative estimate of drug-likeness (QED) is 0.260. The fourth-order valence-electron chi connectivity index (χ4n) is 3.75. The van der Waals surface area contributed by atoms with Gasteiger partial charge in [-0.25, -0.2) is 0 Å². The number of carbonyl (C=O) groups is 2. The Bertz CT molecular complexity index is 1060. The molecule has 33 heavy (non-hydrogen) atoms. The zero-order valence-electron chi connectivity index (χ0n) is 18.9. The fourth-order valence-corrected chi connectivity index (χ4v) is 3.75. The summed E-state index contributed by atoms with van der Waals surface area (Å²) in [4.78, 5) is 25.2. The maximum absolute atomic E-state index is 12.7. The number of nitriles is 1. The molecule has 0 radical (unpaired) electrons. The molecule has 7 heteroatoms. The molecular formula is C26H28N2O5. The maximum Gasteiger partial charge on any atom is 0.314 e. The van der Waals surface area contributed by atoms with E-state index in [9.17, 15) is 14.9 Å². The van der Waals surface area contributed by atoms with E-state index in [1.807, 2.05) is 13.0 Å². The molecular weight excluding hydrogens is 420 g/mol. The molecule has 1 N–H and O–H groups in total.